The molecular formula is C20H20N6S. The van der Waals surface area contributed by atoms with Crippen LogP contribution in [-0.4, -0.2) is 19.9 Å². The lowest BCUT2D eigenvalue weighted by molar-refractivity contribution is 0.858. The molecule has 0 saturated carbocycles. The fourth-order valence-corrected chi connectivity index (χ4v) is 3.98. The first kappa shape index (κ1) is 17.4. The first-order chi connectivity index (χ1) is 13.0. The maximum absolute atomic E-state index is 6.27. The minimum atomic E-state index is 0.0729. The number of pyridine rings is 1. The van der Waals surface area contributed by atoms with Crippen molar-refractivity contribution in [2.75, 3.05) is 11.1 Å². The van der Waals surface area contributed by atoms with E-state index in [4.69, 9.17) is 5.73 Å². The third kappa shape index (κ3) is 3.46. The number of hydrogen-bond acceptors (Lipinski definition) is 7. The van der Waals surface area contributed by atoms with Crippen LogP contribution in [0.25, 0.3) is 20.8 Å². The number of anilines is 2. The monoisotopic (exact) mass is 376 g/mol. The average Bonchev–Trinajstić information content (AvgIpc) is 3.05. The SMILES string of the molecule is Cc1ccc(C(C)Nc2nc(C)c(-c3nc4cnccc4s3)c(N)n2)cc1. The van der Waals surface area contributed by atoms with E-state index in [1.807, 2.05) is 13.0 Å². The summed E-state index contributed by atoms with van der Waals surface area (Å²) in [6.45, 7) is 6.08. The van der Waals surface area contributed by atoms with Gasteiger partial charge in [0.1, 0.15) is 16.3 Å². The Morgan fingerprint density at radius 1 is 1.04 bits per heavy atom. The Bertz CT molecular complexity index is 1050. The predicted molar refractivity (Wildman–Crippen MR) is 111 cm³/mol. The van der Waals surface area contributed by atoms with Gasteiger partial charge in [0.15, 0.2) is 0 Å². The molecule has 0 aliphatic carbocycles. The summed E-state index contributed by atoms with van der Waals surface area (Å²) >= 11 is 1.57. The summed E-state index contributed by atoms with van der Waals surface area (Å²) in [5, 5.41) is 4.15. The van der Waals surface area contributed by atoms with Crippen LogP contribution in [0.5, 0.6) is 0 Å². The fraction of sp³-hybridized carbons (Fsp3) is 0.200. The Morgan fingerprint density at radius 2 is 1.81 bits per heavy atom. The number of nitrogens with two attached hydrogens (primary N) is 1. The van der Waals surface area contributed by atoms with Gasteiger partial charge in [-0.1, -0.05) is 29.8 Å². The molecule has 3 aromatic heterocycles. The van der Waals surface area contributed by atoms with Crippen molar-refractivity contribution >= 4 is 33.3 Å². The van der Waals surface area contributed by atoms with Crippen molar-refractivity contribution in [3.8, 4) is 10.6 Å². The highest BCUT2D eigenvalue weighted by molar-refractivity contribution is 7.21. The minimum absolute atomic E-state index is 0.0729. The summed E-state index contributed by atoms with van der Waals surface area (Å²) in [7, 11) is 0. The van der Waals surface area contributed by atoms with Gasteiger partial charge in [0.2, 0.25) is 5.95 Å². The van der Waals surface area contributed by atoms with Gasteiger partial charge in [-0.3, -0.25) is 4.98 Å². The van der Waals surface area contributed by atoms with Crippen molar-refractivity contribution in [3.63, 3.8) is 0 Å². The van der Waals surface area contributed by atoms with E-state index in [9.17, 15) is 0 Å². The molecule has 4 rings (SSSR count). The zero-order chi connectivity index (χ0) is 19.0. The van der Waals surface area contributed by atoms with E-state index >= 15 is 0 Å². The molecule has 0 bridgehead atoms. The van der Waals surface area contributed by atoms with Gasteiger partial charge >= 0.3 is 0 Å². The van der Waals surface area contributed by atoms with E-state index in [2.05, 4.69) is 63.4 Å². The number of nitrogens with zero attached hydrogens (tertiary/aromatic N) is 4. The number of fused-ring (bicyclic) bond motifs is 1. The summed E-state index contributed by atoms with van der Waals surface area (Å²) in [6.07, 6.45) is 3.51. The molecule has 7 heteroatoms. The molecular weight excluding hydrogens is 356 g/mol. The van der Waals surface area contributed by atoms with E-state index in [1.165, 1.54) is 11.1 Å². The molecule has 0 amide bonds. The van der Waals surface area contributed by atoms with Crippen LogP contribution in [0.1, 0.15) is 29.8 Å². The van der Waals surface area contributed by atoms with Gasteiger partial charge in [-0.05, 0) is 32.4 Å². The lowest BCUT2D eigenvalue weighted by Crippen LogP contribution is -2.12. The molecule has 0 saturated heterocycles. The second-order valence-electron chi connectivity index (χ2n) is 6.53. The molecule has 1 aromatic carbocycles. The van der Waals surface area contributed by atoms with Crippen LogP contribution in [0.3, 0.4) is 0 Å². The molecule has 0 aliphatic heterocycles. The second-order valence-corrected chi connectivity index (χ2v) is 7.56. The molecule has 0 spiro atoms. The van der Waals surface area contributed by atoms with Crippen LogP contribution in [0.2, 0.25) is 0 Å². The molecule has 0 aliphatic rings. The molecule has 3 heterocycles. The smallest absolute Gasteiger partial charge is 0.225 e. The zero-order valence-corrected chi connectivity index (χ0v) is 16.2. The quantitative estimate of drug-likeness (QED) is 0.544. The Morgan fingerprint density at radius 3 is 2.52 bits per heavy atom. The van der Waals surface area contributed by atoms with Crippen molar-refractivity contribution < 1.29 is 0 Å². The lowest BCUT2D eigenvalue weighted by atomic mass is 10.1. The highest BCUT2D eigenvalue weighted by Gasteiger charge is 2.17. The van der Waals surface area contributed by atoms with Gasteiger partial charge < -0.3 is 11.1 Å². The van der Waals surface area contributed by atoms with Gasteiger partial charge in [-0.2, -0.15) is 4.98 Å². The second kappa shape index (κ2) is 6.92. The number of nitrogen functional groups attached to an aromatic ring is 1. The van der Waals surface area contributed by atoms with E-state index in [-0.39, 0.29) is 6.04 Å². The lowest BCUT2D eigenvalue weighted by Gasteiger charge is -2.16. The van der Waals surface area contributed by atoms with Gasteiger partial charge in [0.25, 0.3) is 0 Å². The van der Waals surface area contributed by atoms with Gasteiger partial charge in [0, 0.05) is 6.20 Å². The Hall–Kier alpha value is -3.06. The van der Waals surface area contributed by atoms with Gasteiger partial charge in [0.05, 0.1) is 28.2 Å². The number of benzene rings is 1. The van der Waals surface area contributed by atoms with Crippen molar-refractivity contribution in [2.45, 2.75) is 26.8 Å². The number of thiazole rings is 1. The number of rotatable bonds is 4. The van der Waals surface area contributed by atoms with Crippen LogP contribution < -0.4 is 11.1 Å². The molecule has 1 unspecified atom stereocenters. The van der Waals surface area contributed by atoms with E-state index in [1.54, 1.807) is 23.7 Å². The first-order valence-corrected chi connectivity index (χ1v) is 9.51. The molecule has 4 aromatic rings. The average molecular weight is 376 g/mol. The maximum Gasteiger partial charge on any atom is 0.225 e. The molecule has 0 fully saturated rings. The molecule has 0 radical (unpaired) electrons. The normalized spacial score (nSPS) is 12.3. The number of hydrogen-bond donors (Lipinski definition) is 2. The molecule has 1 atom stereocenters. The first-order valence-electron chi connectivity index (χ1n) is 8.69. The summed E-state index contributed by atoms with van der Waals surface area (Å²) in [6, 6.07) is 10.4. The standard InChI is InChI=1S/C20H20N6S/c1-11-4-6-14(7-5-11)12(2)23-20-24-13(3)17(18(21)26-20)19-25-15-10-22-9-8-16(15)27-19/h4-10,12H,1-3H3,(H3,21,23,24,26). The Balaban J connectivity index is 1.64. The molecule has 6 nitrogen and oxygen atoms in total. The Labute approximate surface area is 161 Å². The fourth-order valence-electron chi connectivity index (χ4n) is 2.94. The predicted octanol–water partition coefficient (Wildman–Crippen LogP) is 4.52. The highest BCUT2D eigenvalue weighted by Crippen LogP contribution is 2.34. The van der Waals surface area contributed by atoms with Crippen LogP contribution in [0.15, 0.2) is 42.7 Å². The number of aryl methyl sites for hydroxylation is 2. The molecule has 3 N–H and O–H groups in total. The topological polar surface area (TPSA) is 89.6 Å². The van der Waals surface area contributed by atoms with Crippen molar-refractivity contribution in [1.29, 1.82) is 0 Å². The van der Waals surface area contributed by atoms with Crippen molar-refractivity contribution in [3.05, 3.63) is 59.5 Å². The summed E-state index contributed by atoms with van der Waals surface area (Å²) in [4.78, 5) is 17.8. The van der Waals surface area contributed by atoms with E-state index in [0.29, 0.717) is 11.8 Å². The van der Waals surface area contributed by atoms with Crippen molar-refractivity contribution in [2.24, 2.45) is 0 Å². The maximum atomic E-state index is 6.27. The Kier molecular flexibility index (Phi) is 4.45. The van der Waals surface area contributed by atoms with Crippen LogP contribution in [0.4, 0.5) is 11.8 Å². The molecule has 27 heavy (non-hydrogen) atoms. The van der Waals surface area contributed by atoms with Gasteiger partial charge in [-0.15, -0.1) is 11.3 Å². The number of aromatic nitrogens is 4. The van der Waals surface area contributed by atoms with Crippen LogP contribution in [0, 0.1) is 13.8 Å². The third-order valence-electron chi connectivity index (χ3n) is 4.44. The minimum Gasteiger partial charge on any atom is -0.383 e. The molecule has 136 valence electrons. The highest BCUT2D eigenvalue weighted by atomic mass is 32.1. The van der Waals surface area contributed by atoms with Gasteiger partial charge in [-0.25, -0.2) is 9.97 Å². The van der Waals surface area contributed by atoms with E-state index in [0.717, 1.165) is 26.5 Å². The number of nitrogens with one attached hydrogen (secondary N) is 1. The van der Waals surface area contributed by atoms with Crippen molar-refractivity contribution in [1.82, 2.24) is 19.9 Å². The van der Waals surface area contributed by atoms with E-state index < -0.39 is 0 Å². The third-order valence-corrected chi connectivity index (χ3v) is 5.50. The summed E-state index contributed by atoms with van der Waals surface area (Å²) in [5.41, 5.74) is 11.1. The summed E-state index contributed by atoms with van der Waals surface area (Å²) < 4.78 is 1.06. The largest absolute Gasteiger partial charge is 0.383 e. The summed E-state index contributed by atoms with van der Waals surface area (Å²) in [5.74, 6) is 0.942. The zero-order valence-electron chi connectivity index (χ0n) is 15.4. The van der Waals surface area contributed by atoms with Crippen LogP contribution >= 0.6 is 11.3 Å². The van der Waals surface area contributed by atoms with Crippen LogP contribution in [-0.2, 0) is 0 Å².